The van der Waals surface area contributed by atoms with E-state index in [4.69, 9.17) is 0 Å². The predicted molar refractivity (Wildman–Crippen MR) is 76.8 cm³/mol. The van der Waals surface area contributed by atoms with E-state index in [9.17, 15) is 0 Å². The highest BCUT2D eigenvalue weighted by Crippen LogP contribution is 2.32. The third-order valence-corrected chi connectivity index (χ3v) is 3.56. The van der Waals surface area contributed by atoms with Gasteiger partial charge in [-0.1, -0.05) is 43.0 Å². The van der Waals surface area contributed by atoms with Crippen molar-refractivity contribution in [1.82, 2.24) is 5.32 Å². The summed E-state index contributed by atoms with van der Waals surface area (Å²) in [7, 11) is 0. The maximum absolute atomic E-state index is 3.29. The van der Waals surface area contributed by atoms with Crippen molar-refractivity contribution in [2.24, 2.45) is 0 Å². The maximum atomic E-state index is 3.29. The van der Waals surface area contributed by atoms with Gasteiger partial charge >= 0.3 is 0 Å². The molecule has 0 saturated carbocycles. The molecule has 0 radical (unpaired) electrons. The van der Waals surface area contributed by atoms with E-state index in [1.54, 1.807) is 0 Å². The number of hydrogen-bond donors (Lipinski definition) is 1. The summed E-state index contributed by atoms with van der Waals surface area (Å²) >= 11 is 0. The fourth-order valence-corrected chi connectivity index (χ4v) is 2.68. The number of benzene rings is 2. The van der Waals surface area contributed by atoms with Crippen LogP contribution < -0.4 is 5.32 Å². The molecule has 1 aliphatic carbocycles. The molecule has 0 unspecified atom stereocenters. The molecular formula is C17H17N. The monoisotopic (exact) mass is 235 g/mol. The molecule has 0 aliphatic heterocycles. The van der Waals surface area contributed by atoms with E-state index in [1.807, 2.05) is 0 Å². The Bertz CT molecular complexity index is 633. The van der Waals surface area contributed by atoms with Gasteiger partial charge in [-0.25, -0.2) is 0 Å². The van der Waals surface area contributed by atoms with E-state index in [1.165, 1.54) is 34.7 Å². The number of nitrogens with one attached hydrogen (secondary N) is 1. The van der Waals surface area contributed by atoms with Gasteiger partial charge in [0.05, 0.1) is 6.54 Å². The van der Waals surface area contributed by atoms with Crippen LogP contribution >= 0.6 is 0 Å². The van der Waals surface area contributed by atoms with Gasteiger partial charge in [-0.15, -0.1) is 0 Å². The Labute approximate surface area is 108 Å². The van der Waals surface area contributed by atoms with Crippen LogP contribution in [0.3, 0.4) is 0 Å². The van der Waals surface area contributed by atoms with Gasteiger partial charge in [0.2, 0.25) is 0 Å². The highest BCUT2D eigenvalue weighted by Gasteiger charge is 2.14. The van der Waals surface area contributed by atoms with E-state index in [0.717, 1.165) is 18.7 Å². The van der Waals surface area contributed by atoms with Crippen LogP contribution in [0, 0.1) is 11.8 Å². The lowest BCUT2D eigenvalue weighted by atomic mass is 10.0. The molecule has 2 aromatic carbocycles. The van der Waals surface area contributed by atoms with Gasteiger partial charge in [0.25, 0.3) is 0 Å². The quantitative estimate of drug-likeness (QED) is 0.623. The molecule has 2 aromatic rings. The van der Waals surface area contributed by atoms with Crippen LogP contribution in [0.15, 0.2) is 30.3 Å². The van der Waals surface area contributed by atoms with E-state index in [2.05, 4.69) is 54.4 Å². The molecule has 18 heavy (non-hydrogen) atoms. The highest BCUT2D eigenvalue weighted by atomic mass is 14.8. The van der Waals surface area contributed by atoms with Gasteiger partial charge in [-0.3, -0.25) is 0 Å². The van der Waals surface area contributed by atoms with Gasteiger partial charge in [-0.05, 0) is 47.4 Å². The first-order valence-corrected chi connectivity index (χ1v) is 6.63. The average Bonchev–Trinajstić information content (AvgIpc) is 2.82. The topological polar surface area (TPSA) is 12.0 Å². The Balaban J connectivity index is 2.06. The molecule has 0 saturated heterocycles. The second-order valence-electron chi connectivity index (χ2n) is 4.69. The minimum absolute atomic E-state index is 0.763. The molecule has 1 aliphatic rings. The number of rotatable bonds is 2. The van der Waals surface area contributed by atoms with E-state index >= 15 is 0 Å². The Kier molecular flexibility index (Phi) is 3.04. The standard InChI is InChI=1S/C17H17N/c1-2-18-12-4-6-13-8-9-15-11-10-14-5-3-7-16(13)17(14)15/h3,5,7-9,18H,2,10-12H2,1H3. The van der Waals surface area contributed by atoms with Crippen LogP contribution in [0.2, 0.25) is 0 Å². The molecular weight excluding hydrogens is 218 g/mol. The van der Waals surface area contributed by atoms with Crippen molar-refractivity contribution in [2.75, 3.05) is 13.1 Å². The second kappa shape index (κ2) is 4.84. The first kappa shape index (κ1) is 11.3. The van der Waals surface area contributed by atoms with Crippen molar-refractivity contribution in [1.29, 1.82) is 0 Å². The molecule has 0 heterocycles. The largest absolute Gasteiger partial charge is 0.306 e. The Morgan fingerprint density at radius 1 is 1.11 bits per heavy atom. The number of hydrogen-bond acceptors (Lipinski definition) is 1. The molecule has 0 bridgehead atoms. The summed E-state index contributed by atoms with van der Waals surface area (Å²) in [5.74, 6) is 6.49. The Morgan fingerprint density at radius 2 is 1.94 bits per heavy atom. The lowest BCUT2D eigenvalue weighted by Crippen LogP contribution is -2.11. The molecule has 0 fully saturated rings. The summed E-state index contributed by atoms with van der Waals surface area (Å²) in [6.07, 6.45) is 2.36. The van der Waals surface area contributed by atoms with E-state index in [0.29, 0.717) is 0 Å². The summed E-state index contributed by atoms with van der Waals surface area (Å²) in [6.45, 7) is 3.83. The van der Waals surface area contributed by atoms with Crippen molar-refractivity contribution in [3.05, 3.63) is 47.0 Å². The Hall–Kier alpha value is -1.78. The molecule has 1 nitrogen and oxygen atoms in total. The summed E-state index contributed by atoms with van der Waals surface area (Å²) in [4.78, 5) is 0. The summed E-state index contributed by atoms with van der Waals surface area (Å²) in [5, 5.41) is 6.01. The lowest BCUT2D eigenvalue weighted by molar-refractivity contribution is 0.811. The van der Waals surface area contributed by atoms with Crippen molar-refractivity contribution in [2.45, 2.75) is 19.8 Å². The van der Waals surface area contributed by atoms with Gasteiger partial charge in [0.15, 0.2) is 0 Å². The van der Waals surface area contributed by atoms with Crippen LogP contribution in [0.4, 0.5) is 0 Å². The van der Waals surface area contributed by atoms with Gasteiger partial charge in [-0.2, -0.15) is 0 Å². The van der Waals surface area contributed by atoms with Gasteiger partial charge in [0, 0.05) is 5.56 Å². The second-order valence-corrected chi connectivity index (χ2v) is 4.69. The highest BCUT2D eigenvalue weighted by molar-refractivity contribution is 5.94. The molecule has 0 atom stereocenters. The van der Waals surface area contributed by atoms with E-state index in [-0.39, 0.29) is 0 Å². The zero-order valence-electron chi connectivity index (χ0n) is 10.7. The molecule has 0 aromatic heterocycles. The summed E-state index contributed by atoms with van der Waals surface area (Å²) in [6, 6.07) is 11.0. The van der Waals surface area contributed by atoms with Crippen LogP contribution in [-0.2, 0) is 12.8 Å². The Morgan fingerprint density at radius 3 is 2.78 bits per heavy atom. The lowest BCUT2D eigenvalue weighted by Gasteiger charge is -2.04. The van der Waals surface area contributed by atoms with Crippen molar-refractivity contribution >= 4 is 10.8 Å². The number of aryl methyl sites for hydroxylation is 2. The van der Waals surface area contributed by atoms with Gasteiger partial charge < -0.3 is 5.32 Å². The van der Waals surface area contributed by atoms with Crippen molar-refractivity contribution in [3.63, 3.8) is 0 Å². The molecule has 0 amide bonds. The molecule has 90 valence electrons. The minimum Gasteiger partial charge on any atom is -0.306 e. The average molecular weight is 235 g/mol. The van der Waals surface area contributed by atoms with Crippen LogP contribution in [0.5, 0.6) is 0 Å². The van der Waals surface area contributed by atoms with Crippen molar-refractivity contribution < 1.29 is 0 Å². The molecule has 0 spiro atoms. The predicted octanol–water partition coefficient (Wildman–Crippen LogP) is 2.90. The fraction of sp³-hybridized carbons (Fsp3) is 0.294. The normalized spacial score (nSPS) is 12.5. The third-order valence-electron chi connectivity index (χ3n) is 3.56. The first-order valence-electron chi connectivity index (χ1n) is 6.63. The third kappa shape index (κ3) is 1.89. The van der Waals surface area contributed by atoms with Crippen LogP contribution in [0.1, 0.15) is 23.6 Å². The molecule has 1 N–H and O–H groups in total. The molecule has 1 heteroatoms. The van der Waals surface area contributed by atoms with Crippen LogP contribution in [-0.4, -0.2) is 13.1 Å². The zero-order valence-corrected chi connectivity index (χ0v) is 10.7. The van der Waals surface area contributed by atoms with Gasteiger partial charge in [0.1, 0.15) is 0 Å². The zero-order chi connectivity index (χ0) is 12.4. The van der Waals surface area contributed by atoms with E-state index < -0.39 is 0 Å². The van der Waals surface area contributed by atoms with Crippen LogP contribution in [0.25, 0.3) is 10.8 Å². The first-order chi connectivity index (χ1) is 8.90. The minimum atomic E-state index is 0.763. The van der Waals surface area contributed by atoms with Crippen molar-refractivity contribution in [3.8, 4) is 11.8 Å². The smallest absolute Gasteiger partial charge is 0.0580 e. The molecule has 3 rings (SSSR count). The summed E-state index contributed by atoms with van der Waals surface area (Å²) in [5.41, 5.74) is 4.13. The SMILES string of the molecule is CCNCC#Cc1ccc2c3c(cccc13)CC2. The fourth-order valence-electron chi connectivity index (χ4n) is 2.68. The summed E-state index contributed by atoms with van der Waals surface area (Å²) < 4.78 is 0. The maximum Gasteiger partial charge on any atom is 0.0580 e.